The summed E-state index contributed by atoms with van der Waals surface area (Å²) in [5.41, 5.74) is 0. The standard InChI is InChI=1S/C11H25NO/c1-4-6-7-10(5-2)8-11(13)9-12-3/h10-13H,4-9H2,1-3H3. The Labute approximate surface area is 82.7 Å². The van der Waals surface area contributed by atoms with E-state index in [-0.39, 0.29) is 6.10 Å². The highest BCUT2D eigenvalue weighted by molar-refractivity contribution is 4.65. The van der Waals surface area contributed by atoms with E-state index >= 15 is 0 Å². The molecular formula is C11H25NO. The van der Waals surface area contributed by atoms with Crippen LogP contribution in [0.4, 0.5) is 0 Å². The number of likely N-dealkylation sites (N-methyl/N-ethyl adjacent to an activating group) is 1. The normalized spacial score (nSPS) is 15.7. The van der Waals surface area contributed by atoms with Crippen molar-refractivity contribution in [2.24, 2.45) is 5.92 Å². The maximum Gasteiger partial charge on any atom is 0.0667 e. The minimum Gasteiger partial charge on any atom is -0.392 e. The number of aliphatic hydroxyl groups excluding tert-OH is 1. The molecule has 0 rings (SSSR count). The Kier molecular flexibility index (Phi) is 8.46. The van der Waals surface area contributed by atoms with Gasteiger partial charge in [-0.15, -0.1) is 0 Å². The van der Waals surface area contributed by atoms with Crippen molar-refractivity contribution in [2.75, 3.05) is 13.6 Å². The summed E-state index contributed by atoms with van der Waals surface area (Å²) < 4.78 is 0. The average Bonchev–Trinajstić information content (AvgIpc) is 2.12. The lowest BCUT2D eigenvalue weighted by atomic mass is 9.93. The zero-order chi connectivity index (χ0) is 10.1. The molecule has 0 aromatic heterocycles. The van der Waals surface area contributed by atoms with Crippen LogP contribution in [0, 0.1) is 5.92 Å². The molecule has 2 heteroatoms. The van der Waals surface area contributed by atoms with Gasteiger partial charge in [-0.25, -0.2) is 0 Å². The molecule has 13 heavy (non-hydrogen) atoms. The van der Waals surface area contributed by atoms with E-state index in [9.17, 15) is 5.11 Å². The van der Waals surface area contributed by atoms with Crippen molar-refractivity contribution in [3.05, 3.63) is 0 Å². The van der Waals surface area contributed by atoms with Gasteiger partial charge in [0.25, 0.3) is 0 Å². The second kappa shape index (κ2) is 8.52. The molecule has 0 radical (unpaired) electrons. The Morgan fingerprint density at radius 2 is 2.00 bits per heavy atom. The summed E-state index contributed by atoms with van der Waals surface area (Å²) in [4.78, 5) is 0. The van der Waals surface area contributed by atoms with E-state index in [2.05, 4.69) is 19.2 Å². The van der Waals surface area contributed by atoms with Gasteiger partial charge in [-0.2, -0.15) is 0 Å². The van der Waals surface area contributed by atoms with Gasteiger partial charge in [-0.05, 0) is 19.4 Å². The third-order valence-corrected chi connectivity index (χ3v) is 2.59. The Morgan fingerprint density at radius 3 is 2.46 bits per heavy atom. The van der Waals surface area contributed by atoms with Crippen molar-refractivity contribution >= 4 is 0 Å². The van der Waals surface area contributed by atoms with Crippen LogP contribution in [0.15, 0.2) is 0 Å². The predicted molar refractivity (Wildman–Crippen MR) is 57.9 cm³/mol. The minimum absolute atomic E-state index is 0.160. The highest BCUT2D eigenvalue weighted by atomic mass is 16.3. The van der Waals surface area contributed by atoms with Crippen molar-refractivity contribution in [3.63, 3.8) is 0 Å². The molecule has 0 aliphatic heterocycles. The molecule has 0 spiro atoms. The molecule has 2 N–H and O–H groups in total. The minimum atomic E-state index is -0.160. The monoisotopic (exact) mass is 187 g/mol. The van der Waals surface area contributed by atoms with E-state index in [1.54, 1.807) is 0 Å². The summed E-state index contributed by atoms with van der Waals surface area (Å²) in [6.45, 7) is 5.16. The van der Waals surface area contributed by atoms with Crippen molar-refractivity contribution in [1.82, 2.24) is 5.32 Å². The van der Waals surface area contributed by atoms with Gasteiger partial charge in [-0.1, -0.05) is 39.5 Å². The summed E-state index contributed by atoms with van der Waals surface area (Å²) in [7, 11) is 1.89. The Morgan fingerprint density at radius 1 is 1.31 bits per heavy atom. The van der Waals surface area contributed by atoms with E-state index in [1.807, 2.05) is 7.05 Å². The van der Waals surface area contributed by atoms with Gasteiger partial charge in [0, 0.05) is 6.54 Å². The molecule has 2 nitrogen and oxygen atoms in total. The number of hydrogen-bond acceptors (Lipinski definition) is 2. The van der Waals surface area contributed by atoms with E-state index in [0.29, 0.717) is 5.92 Å². The lowest BCUT2D eigenvalue weighted by molar-refractivity contribution is 0.137. The molecule has 0 aromatic rings. The van der Waals surface area contributed by atoms with Crippen LogP contribution in [0.1, 0.15) is 46.0 Å². The fourth-order valence-electron chi connectivity index (χ4n) is 1.69. The number of rotatable bonds is 8. The first-order valence-corrected chi connectivity index (χ1v) is 5.57. The number of hydrogen-bond donors (Lipinski definition) is 2. The van der Waals surface area contributed by atoms with Crippen molar-refractivity contribution in [2.45, 2.75) is 52.1 Å². The Balaban J connectivity index is 3.56. The first-order valence-electron chi connectivity index (χ1n) is 5.57. The third-order valence-electron chi connectivity index (χ3n) is 2.59. The smallest absolute Gasteiger partial charge is 0.0667 e. The largest absolute Gasteiger partial charge is 0.392 e. The molecular weight excluding hydrogens is 162 g/mol. The van der Waals surface area contributed by atoms with E-state index in [4.69, 9.17) is 0 Å². The first-order chi connectivity index (χ1) is 6.24. The molecule has 2 atom stereocenters. The lowest BCUT2D eigenvalue weighted by Gasteiger charge is -2.18. The van der Waals surface area contributed by atoms with E-state index in [0.717, 1.165) is 13.0 Å². The van der Waals surface area contributed by atoms with Gasteiger partial charge in [-0.3, -0.25) is 0 Å². The second-order valence-corrected chi connectivity index (χ2v) is 3.86. The zero-order valence-electron chi connectivity index (χ0n) is 9.34. The molecule has 0 saturated heterocycles. The number of aliphatic hydroxyl groups is 1. The number of nitrogens with one attached hydrogen (secondary N) is 1. The fraction of sp³-hybridized carbons (Fsp3) is 1.00. The molecule has 0 aliphatic rings. The maximum atomic E-state index is 9.59. The van der Waals surface area contributed by atoms with Gasteiger partial charge in [0.05, 0.1) is 6.10 Å². The summed E-state index contributed by atoms with van der Waals surface area (Å²) >= 11 is 0. The molecule has 2 unspecified atom stereocenters. The zero-order valence-corrected chi connectivity index (χ0v) is 9.34. The SMILES string of the molecule is CCCCC(CC)CC(O)CNC. The van der Waals surface area contributed by atoms with E-state index < -0.39 is 0 Å². The summed E-state index contributed by atoms with van der Waals surface area (Å²) in [5.74, 6) is 0.711. The van der Waals surface area contributed by atoms with Crippen LogP contribution in [-0.2, 0) is 0 Å². The van der Waals surface area contributed by atoms with Gasteiger partial charge in [0.15, 0.2) is 0 Å². The second-order valence-electron chi connectivity index (χ2n) is 3.86. The van der Waals surface area contributed by atoms with Crippen LogP contribution in [0.5, 0.6) is 0 Å². The molecule has 80 valence electrons. The Hall–Kier alpha value is -0.0800. The quantitative estimate of drug-likeness (QED) is 0.610. The predicted octanol–water partition coefficient (Wildman–Crippen LogP) is 2.17. The topological polar surface area (TPSA) is 32.3 Å². The van der Waals surface area contributed by atoms with Crippen LogP contribution in [0.25, 0.3) is 0 Å². The van der Waals surface area contributed by atoms with Crippen molar-refractivity contribution < 1.29 is 5.11 Å². The number of unbranched alkanes of at least 4 members (excludes halogenated alkanes) is 1. The summed E-state index contributed by atoms with van der Waals surface area (Å²) in [5, 5.41) is 12.6. The van der Waals surface area contributed by atoms with Gasteiger partial charge in [0.2, 0.25) is 0 Å². The maximum absolute atomic E-state index is 9.59. The third kappa shape index (κ3) is 7.03. The summed E-state index contributed by atoms with van der Waals surface area (Å²) in [6, 6.07) is 0. The average molecular weight is 187 g/mol. The van der Waals surface area contributed by atoms with Crippen LogP contribution in [0.2, 0.25) is 0 Å². The first kappa shape index (κ1) is 12.9. The molecule has 0 heterocycles. The van der Waals surface area contributed by atoms with Crippen molar-refractivity contribution in [3.8, 4) is 0 Å². The molecule has 0 bridgehead atoms. The van der Waals surface area contributed by atoms with Crippen LogP contribution in [0.3, 0.4) is 0 Å². The molecule has 0 fully saturated rings. The van der Waals surface area contributed by atoms with Gasteiger partial charge < -0.3 is 10.4 Å². The van der Waals surface area contributed by atoms with Gasteiger partial charge in [0.1, 0.15) is 0 Å². The molecule has 0 aromatic carbocycles. The van der Waals surface area contributed by atoms with Crippen LogP contribution < -0.4 is 5.32 Å². The van der Waals surface area contributed by atoms with Gasteiger partial charge >= 0.3 is 0 Å². The lowest BCUT2D eigenvalue weighted by Crippen LogP contribution is -2.25. The van der Waals surface area contributed by atoms with E-state index in [1.165, 1.54) is 25.7 Å². The Bertz CT molecular complexity index is 106. The summed E-state index contributed by atoms with van der Waals surface area (Å²) in [6.07, 6.45) is 5.82. The molecule has 0 amide bonds. The van der Waals surface area contributed by atoms with Crippen LogP contribution in [-0.4, -0.2) is 24.8 Å². The molecule has 0 saturated carbocycles. The fourth-order valence-corrected chi connectivity index (χ4v) is 1.69. The van der Waals surface area contributed by atoms with Crippen LogP contribution >= 0.6 is 0 Å². The highest BCUT2D eigenvalue weighted by Crippen LogP contribution is 2.18. The molecule has 0 aliphatic carbocycles. The van der Waals surface area contributed by atoms with Crippen molar-refractivity contribution in [1.29, 1.82) is 0 Å². The highest BCUT2D eigenvalue weighted by Gasteiger charge is 2.11.